The van der Waals surface area contributed by atoms with E-state index in [1.54, 1.807) is 42.6 Å². The van der Waals surface area contributed by atoms with Gasteiger partial charge in [0.05, 0.1) is 27.5 Å². The predicted molar refractivity (Wildman–Crippen MR) is 127 cm³/mol. The van der Waals surface area contributed by atoms with Crippen LogP contribution >= 0.6 is 0 Å². The van der Waals surface area contributed by atoms with E-state index >= 15 is 0 Å². The molecule has 2 amide bonds. The molecule has 8 heteroatoms. The van der Waals surface area contributed by atoms with Crippen molar-refractivity contribution >= 4 is 23.7 Å². The molecule has 0 fully saturated rings. The van der Waals surface area contributed by atoms with Crippen LogP contribution in [0.15, 0.2) is 65.8 Å². The standard InChI is InChI=1S/C25H25N3O5/c1-16-5-7-17(8-6-16)15-26-28-25(30)18-9-11-20(12-10-18)27-24(29)19-13-21(31-2)23(33-4)22(14-19)32-3/h5-15H,1-4H3,(H,27,29)(H,28,30)/b26-15+. The summed E-state index contributed by atoms with van der Waals surface area (Å²) in [6, 6.07) is 17.3. The number of carbonyl (C=O) groups excluding carboxylic acids is 2. The van der Waals surface area contributed by atoms with Crippen molar-refractivity contribution in [1.29, 1.82) is 0 Å². The van der Waals surface area contributed by atoms with E-state index in [1.165, 1.54) is 21.3 Å². The van der Waals surface area contributed by atoms with Gasteiger partial charge in [0, 0.05) is 16.8 Å². The van der Waals surface area contributed by atoms with E-state index in [-0.39, 0.29) is 11.8 Å². The molecule has 8 nitrogen and oxygen atoms in total. The lowest BCUT2D eigenvalue weighted by molar-refractivity contribution is 0.0954. The fourth-order valence-corrected chi connectivity index (χ4v) is 3.00. The number of methoxy groups -OCH3 is 3. The first-order valence-electron chi connectivity index (χ1n) is 10.1. The Kier molecular flexibility index (Phi) is 7.64. The number of rotatable bonds is 8. The Bertz CT molecular complexity index is 1130. The molecule has 2 N–H and O–H groups in total. The van der Waals surface area contributed by atoms with Gasteiger partial charge >= 0.3 is 0 Å². The van der Waals surface area contributed by atoms with Gasteiger partial charge in [-0.15, -0.1) is 0 Å². The fourth-order valence-electron chi connectivity index (χ4n) is 3.00. The molecule has 3 aromatic rings. The zero-order chi connectivity index (χ0) is 23.8. The first-order chi connectivity index (χ1) is 15.9. The summed E-state index contributed by atoms with van der Waals surface area (Å²) in [4.78, 5) is 25.0. The van der Waals surface area contributed by atoms with Crippen molar-refractivity contribution in [2.45, 2.75) is 6.92 Å². The highest BCUT2D eigenvalue weighted by atomic mass is 16.5. The Morgan fingerprint density at radius 2 is 1.39 bits per heavy atom. The first-order valence-corrected chi connectivity index (χ1v) is 10.1. The Morgan fingerprint density at radius 1 is 0.788 bits per heavy atom. The minimum atomic E-state index is -0.367. The summed E-state index contributed by atoms with van der Waals surface area (Å²) in [5.41, 5.74) is 5.77. The molecule has 0 radical (unpaired) electrons. The highest BCUT2D eigenvalue weighted by Gasteiger charge is 2.17. The molecule has 0 unspecified atom stereocenters. The van der Waals surface area contributed by atoms with Crippen LogP contribution in [0.3, 0.4) is 0 Å². The summed E-state index contributed by atoms with van der Waals surface area (Å²) in [7, 11) is 4.45. The summed E-state index contributed by atoms with van der Waals surface area (Å²) in [5.74, 6) is 0.424. The van der Waals surface area contributed by atoms with Crippen LogP contribution in [0.1, 0.15) is 31.8 Å². The van der Waals surface area contributed by atoms with Crippen molar-refractivity contribution in [3.8, 4) is 17.2 Å². The molecule has 0 atom stereocenters. The summed E-state index contributed by atoms with van der Waals surface area (Å²) in [5, 5.41) is 6.76. The number of amides is 2. The minimum Gasteiger partial charge on any atom is -0.493 e. The van der Waals surface area contributed by atoms with Crippen molar-refractivity contribution in [2.75, 3.05) is 26.6 Å². The third kappa shape index (κ3) is 5.88. The van der Waals surface area contributed by atoms with Gasteiger partial charge < -0.3 is 19.5 Å². The van der Waals surface area contributed by atoms with Crippen molar-refractivity contribution < 1.29 is 23.8 Å². The average Bonchev–Trinajstić information content (AvgIpc) is 2.84. The Morgan fingerprint density at radius 3 is 1.94 bits per heavy atom. The highest BCUT2D eigenvalue weighted by molar-refractivity contribution is 6.05. The van der Waals surface area contributed by atoms with Gasteiger partial charge in [-0.1, -0.05) is 29.8 Å². The third-order valence-corrected chi connectivity index (χ3v) is 4.79. The van der Waals surface area contributed by atoms with Gasteiger partial charge in [-0.2, -0.15) is 5.10 Å². The molecule has 3 rings (SSSR count). The van der Waals surface area contributed by atoms with Crippen molar-refractivity contribution in [3.05, 3.63) is 82.9 Å². The zero-order valence-electron chi connectivity index (χ0n) is 18.8. The topological polar surface area (TPSA) is 98.2 Å². The second-order valence-corrected chi connectivity index (χ2v) is 7.06. The van der Waals surface area contributed by atoms with Gasteiger partial charge in [-0.25, -0.2) is 5.43 Å². The van der Waals surface area contributed by atoms with Crippen molar-refractivity contribution in [3.63, 3.8) is 0 Å². The van der Waals surface area contributed by atoms with E-state index in [0.717, 1.165) is 11.1 Å². The molecule has 0 aliphatic carbocycles. The Hall–Kier alpha value is -4.33. The quantitative estimate of drug-likeness (QED) is 0.401. The SMILES string of the molecule is COc1cc(C(=O)Nc2ccc(C(=O)N/N=C/c3ccc(C)cc3)cc2)cc(OC)c1OC. The van der Waals surface area contributed by atoms with Gasteiger partial charge in [0.15, 0.2) is 11.5 Å². The maximum Gasteiger partial charge on any atom is 0.271 e. The Balaban J connectivity index is 1.64. The minimum absolute atomic E-state index is 0.330. The molecule has 3 aromatic carbocycles. The van der Waals surface area contributed by atoms with Crippen LogP contribution in [0.4, 0.5) is 5.69 Å². The molecule has 0 aromatic heterocycles. The molecule has 33 heavy (non-hydrogen) atoms. The number of nitrogens with zero attached hydrogens (tertiary/aromatic N) is 1. The molecular formula is C25H25N3O5. The number of hydrogen-bond donors (Lipinski definition) is 2. The van der Waals surface area contributed by atoms with E-state index in [9.17, 15) is 9.59 Å². The summed E-state index contributed by atoms with van der Waals surface area (Å²) >= 11 is 0. The number of ether oxygens (including phenoxy) is 3. The molecule has 0 saturated carbocycles. The normalized spacial score (nSPS) is 10.5. The molecule has 0 saturated heterocycles. The molecule has 0 heterocycles. The lowest BCUT2D eigenvalue weighted by atomic mass is 10.1. The zero-order valence-corrected chi connectivity index (χ0v) is 18.8. The van der Waals surface area contributed by atoms with E-state index < -0.39 is 0 Å². The lowest BCUT2D eigenvalue weighted by Gasteiger charge is -2.14. The molecule has 170 valence electrons. The third-order valence-electron chi connectivity index (χ3n) is 4.79. The second kappa shape index (κ2) is 10.8. The molecule has 0 aliphatic heterocycles. The van der Waals surface area contributed by atoms with E-state index in [4.69, 9.17) is 14.2 Å². The number of anilines is 1. The number of benzene rings is 3. The van der Waals surface area contributed by atoms with Crippen LogP contribution in [0, 0.1) is 6.92 Å². The number of nitrogens with one attached hydrogen (secondary N) is 2. The van der Waals surface area contributed by atoms with Crippen LogP contribution in [0.25, 0.3) is 0 Å². The molecule has 0 aliphatic rings. The lowest BCUT2D eigenvalue weighted by Crippen LogP contribution is -2.18. The smallest absolute Gasteiger partial charge is 0.271 e. The fraction of sp³-hybridized carbons (Fsp3) is 0.160. The average molecular weight is 447 g/mol. The molecule has 0 bridgehead atoms. The molecular weight excluding hydrogens is 422 g/mol. The number of hydrogen-bond acceptors (Lipinski definition) is 6. The van der Waals surface area contributed by atoms with Crippen molar-refractivity contribution in [1.82, 2.24) is 5.43 Å². The second-order valence-electron chi connectivity index (χ2n) is 7.06. The summed E-state index contributed by atoms with van der Waals surface area (Å²) in [6.07, 6.45) is 1.57. The maximum atomic E-state index is 12.7. The number of aryl methyl sites for hydroxylation is 1. The largest absolute Gasteiger partial charge is 0.493 e. The summed E-state index contributed by atoms with van der Waals surface area (Å²) in [6.45, 7) is 2.00. The summed E-state index contributed by atoms with van der Waals surface area (Å²) < 4.78 is 15.8. The highest BCUT2D eigenvalue weighted by Crippen LogP contribution is 2.38. The van der Waals surface area contributed by atoms with Gasteiger partial charge in [0.2, 0.25) is 5.75 Å². The monoisotopic (exact) mass is 447 g/mol. The van der Waals surface area contributed by atoms with E-state index in [0.29, 0.717) is 34.1 Å². The maximum absolute atomic E-state index is 12.7. The Labute approximate surface area is 192 Å². The van der Waals surface area contributed by atoms with Gasteiger partial charge in [-0.05, 0) is 48.9 Å². The number of hydrazone groups is 1. The van der Waals surface area contributed by atoms with Gasteiger partial charge in [0.25, 0.3) is 11.8 Å². The van der Waals surface area contributed by atoms with Crippen LogP contribution in [-0.2, 0) is 0 Å². The van der Waals surface area contributed by atoms with E-state index in [1.807, 2.05) is 31.2 Å². The van der Waals surface area contributed by atoms with Crippen LogP contribution in [-0.4, -0.2) is 39.4 Å². The molecule has 0 spiro atoms. The van der Waals surface area contributed by atoms with E-state index in [2.05, 4.69) is 15.8 Å². The van der Waals surface area contributed by atoms with Gasteiger partial charge in [0.1, 0.15) is 0 Å². The van der Waals surface area contributed by atoms with Crippen LogP contribution < -0.4 is 25.0 Å². The number of carbonyl (C=O) groups is 2. The predicted octanol–water partition coefficient (Wildman–Crippen LogP) is 4.04. The van der Waals surface area contributed by atoms with Crippen LogP contribution in [0.2, 0.25) is 0 Å². The van der Waals surface area contributed by atoms with Crippen molar-refractivity contribution in [2.24, 2.45) is 5.10 Å². The van der Waals surface area contributed by atoms with Gasteiger partial charge in [-0.3, -0.25) is 9.59 Å². The van der Waals surface area contributed by atoms with Crippen LogP contribution in [0.5, 0.6) is 17.2 Å². The first kappa shape index (κ1) is 23.3.